The fourth-order valence-electron chi connectivity index (χ4n) is 3.13. The highest BCUT2D eigenvalue weighted by molar-refractivity contribution is 7.97. The van der Waals surface area contributed by atoms with Crippen LogP contribution >= 0.6 is 0 Å². The van der Waals surface area contributed by atoms with E-state index in [1.807, 2.05) is 0 Å². The molecular formula is C13H25OS+. The summed E-state index contributed by atoms with van der Waals surface area (Å²) in [4.78, 5) is 0. The second-order valence-electron chi connectivity index (χ2n) is 5.30. The summed E-state index contributed by atoms with van der Waals surface area (Å²) in [6.45, 7) is 0. The maximum atomic E-state index is 9.52. The van der Waals surface area contributed by atoms with Crippen LogP contribution in [0.2, 0.25) is 0 Å². The minimum Gasteiger partial charge on any atom is -0.393 e. The van der Waals surface area contributed by atoms with Crippen molar-refractivity contribution in [2.24, 2.45) is 0 Å². The monoisotopic (exact) mass is 229 g/mol. The zero-order valence-electron chi connectivity index (χ0n) is 9.95. The summed E-state index contributed by atoms with van der Waals surface area (Å²) in [6, 6.07) is 0. The maximum Gasteiger partial charge on any atom is 0.118 e. The summed E-state index contributed by atoms with van der Waals surface area (Å²) < 4.78 is 0. The van der Waals surface area contributed by atoms with Crippen LogP contribution in [0.25, 0.3) is 0 Å². The van der Waals surface area contributed by atoms with Crippen LogP contribution in [0.3, 0.4) is 0 Å². The Morgan fingerprint density at radius 2 is 1.33 bits per heavy atom. The van der Waals surface area contributed by atoms with E-state index in [1.54, 1.807) is 0 Å². The van der Waals surface area contributed by atoms with E-state index in [2.05, 4.69) is 6.26 Å². The van der Waals surface area contributed by atoms with Crippen molar-refractivity contribution in [1.29, 1.82) is 0 Å². The van der Waals surface area contributed by atoms with Gasteiger partial charge < -0.3 is 5.11 Å². The van der Waals surface area contributed by atoms with Crippen molar-refractivity contribution in [3.8, 4) is 0 Å². The van der Waals surface area contributed by atoms with Gasteiger partial charge >= 0.3 is 0 Å². The smallest absolute Gasteiger partial charge is 0.118 e. The molecule has 1 nitrogen and oxygen atoms in total. The quantitative estimate of drug-likeness (QED) is 0.722. The van der Waals surface area contributed by atoms with Crippen LogP contribution in [0.15, 0.2) is 0 Å². The summed E-state index contributed by atoms with van der Waals surface area (Å²) in [6.07, 6.45) is 14.6. The molecule has 15 heavy (non-hydrogen) atoms. The Morgan fingerprint density at radius 1 is 0.800 bits per heavy atom. The first-order valence-electron chi connectivity index (χ1n) is 6.59. The lowest BCUT2D eigenvalue weighted by atomic mass is 9.97. The lowest BCUT2D eigenvalue weighted by Crippen LogP contribution is -2.36. The van der Waals surface area contributed by atoms with E-state index in [0.717, 1.165) is 23.3 Å². The molecule has 0 spiro atoms. The van der Waals surface area contributed by atoms with E-state index in [9.17, 15) is 5.11 Å². The fraction of sp³-hybridized carbons (Fsp3) is 1.00. The molecule has 2 heteroatoms. The molecule has 1 N–H and O–H groups in total. The molecule has 0 aromatic rings. The number of hydrogen-bond acceptors (Lipinski definition) is 1. The molecule has 2 saturated carbocycles. The van der Waals surface area contributed by atoms with Crippen molar-refractivity contribution >= 4 is 10.9 Å². The standard InChI is InChI=1S/C13H25OS/c1-15(12-5-3-2-4-6-12)13-9-7-11(14)8-10-13/h11-14H,2-10H2,1H3/q+1. The van der Waals surface area contributed by atoms with E-state index < -0.39 is 0 Å². The summed E-state index contributed by atoms with van der Waals surface area (Å²) in [5, 5.41) is 11.5. The maximum absolute atomic E-state index is 9.52. The number of rotatable bonds is 2. The molecule has 88 valence electrons. The Labute approximate surface area is 97.0 Å². The van der Waals surface area contributed by atoms with E-state index in [0.29, 0.717) is 10.9 Å². The second-order valence-corrected chi connectivity index (χ2v) is 7.85. The van der Waals surface area contributed by atoms with E-state index >= 15 is 0 Å². The van der Waals surface area contributed by atoms with Gasteiger partial charge in [0.05, 0.1) is 12.4 Å². The average Bonchev–Trinajstić information content (AvgIpc) is 2.30. The van der Waals surface area contributed by atoms with Crippen LogP contribution in [-0.4, -0.2) is 28.0 Å². The highest BCUT2D eigenvalue weighted by Gasteiger charge is 2.37. The average molecular weight is 229 g/mol. The molecule has 0 saturated heterocycles. The first-order chi connectivity index (χ1) is 7.27. The van der Waals surface area contributed by atoms with Gasteiger partial charge in [0.25, 0.3) is 0 Å². The highest BCUT2D eigenvalue weighted by Crippen LogP contribution is 2.32. The number of aliphatic hydroxyl groups is 1. The van der Waals surface area contributed by atoms with Crippen molar-refractivity contribution in [3.05, 3.63) is 0 Å². The summed E-state index contributed by atoms with van der Waals surface area (Å²) >= 11 is 0. The summed E-state index contributed by atoms with van der Waals surface area (Å²) in [5.41, 5.74) is 0. The van der Waals surface area contributed by atoms with Crippen molar-refractivity contribution in [1.82, 2.24) is 0 Å². The largest absolute Gasteiger partial charge is 0.393 e. The predicted octanol–water partition coefficient (Wildman–Crippen LogP) is 2.87. The van der Waals surface area contributed by atoms with Crippen molar-refractivity contribution in [2.75, 3.05) is 6.26 Å². The van der Waals surface area contributed by atoms with Crippen LogP contribution in [0.1, 0.15) is 57.8 Å². The number of hydrogen-bond donors (Lipinski definition) is 1. The summed E-state index contributed by atoms with van der Waals surface area (Å²) in [5.74, 6) is 0. The molecule has 2 aliphatic rings. The lowest BCUT2D eigenvalue weighted by molar-refractivity contribution is 0.132. The minimum atomic E-state index is 0.0182. The highest BCUT2D eigenvalue weighted by atomic mass is 32.2. The molecule has 1 unspecified atom stereocenters. The topological polar surface area (TPSA) is 20.2 Å². The molecule has 0 amide bonds. The van der Waals surface area contributed by atoms with Crippen molar-refractivity contribution < 1.29 is 5.11 Å². The molecule has 0 radical (unpaired) electrons. The Hall–Kier alpha value is 0.310. The molecular weight excluding hydrogens is 204 g/mol. The van der Waals surface area contributed by atoms with Gasteiger partial charge in [-0.15, -0.1) is 0 Å². The van der Waals surface area contributed by atoms with Crippen LogP contribution in [0, 0.1) is 0 Å². The predicted molar refractivity (Wildman–Crippen MR) is 68.4 cm³/mol. The minimum absolute atomic E-state index is 0.0182. The third kappa shape index (κ3) is 3.13. The van der Waals surface area contributed by atoms with E-state index in [4.69, 9.17) is 0 Å². The van der Waals surface area contributed by atoms with Gasteiger partial charge in [-0.25, -0.2) is 0 Å². The lowest BCUT2D eigenvalue weighted by Gasteiger charge is -2.29. The first kappa shape index (κ1) is 11.8. The molecule has 2 rings (SSSR count). The zero-order valence-corrected chi connectivity index (χ0v) is 10.8. The fourth-order valence-corrected chi connectivity index (χ4v) is 5.76. The van der Waals surface area contributed by atoms with E-state index in [-0.39, 0.29) is 6.10 Å². The Bertz CT molecular complexity index is 181. The summed E-state index contributed by atoms with van der Waals surface area (Å²) in [7, 11) is 0.631. The SMILES string of the molecule is C[S+](C1CCCCC1)C1CCC(O)CC1. The van der Waals surface area contributed by atoms with Gasteiger partial charge in [0.2, 0.25) is 0 Å². The van der Waals surface area contributed by atoms with Crippen LogP contribution < -0.4 is 0 Å². The number of aliphatic hydroxyl groups excluding tert-OH is 1. The van der Waals surface area contributed by atoms with Crippen LogP contribution in [0.4, 0.5) is 0 Å². The molecule has 0 heterocycles. The third-order valence-corrected chi connectivity index (χ3v) is 7.29. The van der Waals surface area contributed by atoms with Gasteiger partial charge in [-0.2, -0.15) is 0 Å². The molecule has 1 atom stereocenters. The first-order valence-corrected chi connectivity index (χ1v) is 8.35. The van der Waals surface area contributed by atoms with Crippen LogP contribution in [-0.2, 0) is 10.9 Å². The van der Waals surface area contributed by atoms with E-state index in [1.165, 1.54) is 44.9 Å². The van der Waals surface area contributed by atoms with Gasteiger partial charge in [-0.3, -0.25) is 0 Å². The molecule has 0 bridgehead atoms. The van der Waals surface area contributed by atoms with Gasteiger partial charge in [-0.05, 0) is 62.3 Å². The second kappa shape index (κ2) is 5.58. The molecule has 2 aliphatic carbocycles. The molecule has 0 aromatic carbocycles. The zero-order chi connectivity index (χ0) is 10.7. The Morgan fingerprint density at radius 3 is 1.93 bits per heavy atom. The molecule has 0 aliphatic heterocycles. The Kier molecular flexibility index (Phi) is 4.39. The van der Waals surface area contributed by atoms with Gasteiger partial charge in [0.1, 0.15) is 10.5 Å². The van der Waals surface area contributed by atoms with Gasteiger partial charge in [0, 0.05) is 0 Å². The third-order valence-electron chi connectivity index (χ3n) is 4.25. The van der Waals surface area contributed by atoms with Gasteiger partial charge in [0.15, 0.2) is 0 Å². The molecule has 0 aromatic heterocycles. The van der Waals surface area contributed by atoms with Crippen molar-refractivity contribution in [3.63, 3.8) is 0 Å². The van der Waals surface area contributed by atoms with Crippen LogP contribution in [0.5, 0.6) is 0 Å². The Balaban J connectivity index is 1.81. The normalized spacial score (nSPS) is 36.4. The molecule has 2 fully saturated rings. The van der Waals surface area contributed by atoms with Crippen molar-refractivity contribution in [2.45, 2.75) is 74.4 Å². The van der Waals surface area contributed by atoms with Gasteiger partial charge in [-0.1, -0.05) is 6.42 Å².